The van der Waals surface area contributed by atoms with Gasteiger partial charge in [0, 0.05) is 43.5 Å². The van der Waals surface area contributed by atoms with E-state index in [1.807, 2.05) is 13.0 Å². The van der Waals surface area contributed by atoms with Gasteiger partial charge in [-0.1, -0.05) is 0 Å². The molecule has 2 aromatic rings. The van der Waals surface area contributed by atoms with E-state index >= 15 is 0 Å². The Hall–Kier alpha value is -2.38. The van der Waals surface area contributed by atoms with Crippen molar-refractivity contribution in [1.29, 1.82) is 0 Å². The molecule has 0 unspecified atom stereocenters. The lowest BCUT2D eigenvalue weighted by molar-refractivity contribution is -0.187. The van der Waals surface area contributed by atoms with Gasteiger partial charge in [-0.3, -0.25) is 4.79 Å². The summed E-state index contributed by atoms with van der Waals surface area (Å²) in [5, 5.41) is 0.848. The van der Waals surface area contributed by atoms with Crippen molar-refractivity contribution in [2.45, 2.75) is 25.6 Å². The maximum atomic E-state index is 12.4. The Kier molecular flexibility index (Phi) is 4.42. The Bertz CT molecular complexity index is 873. The number of benzene rings is 1. The molecule has 3 heterocycles. The number of hydrogen-bond donors (Lipinski definition) is 0. The fourth-order valence-corrected chi connectivity index (χ4v) is 3.51. The first-order valence-corrected chi connectivity index (χ1v) is 8.78. The van der Waals surface area contributed by atoms with Crippen LogP contribution in [0.1, 0.15) is 18.4 Å². The van der Waals surface area contributed by atoms with Crippen LogP contribution in [-0.4, -0.2) is 49.5 Å². The zero-order chi connectivity index (χ0) is 18.1. The molecule has 0 saturated carbocycles. The van der Waals surface area contributed by atoms with Crippen LogP contribution < -0.4 is 10.4 Å². The number of likely N-dealkylation sites (tertiary alicyclic amines) is 1. The second-order valence-corrected chi connectivity index (χ2v) is 6.68. The minimum atomic E-state index is -0.495. The van der Waals surface area contributed by atoms with Crippen molar-refractivity contribution < 1.29 is 23.4 Å². The van der Waals surface area contributed by atoms with Crippen LogP contribution in [0.25, 0.3) is 11.0 Å². The molecule has 1 spiro atoms. The summed E-state index contributed by atoms with van der Waals surface area (Å²) in [6.07, 6.45) is 1.36. The summed E-state index contributed by atoms with van der Waals surface area (Å²) in [5.74, 6) is -0.0788. The Morgan fingerprint density at radius 1 is 1.19 bits per heavy atom. The maximum Gasteiger partial charge on any atom is 0.336 e. The van der Waals surface area contributed by atoms with E-state index in [1.54, 1.807) is 17.0 Å². The molecule has 2 aliphatic heterocycles. The van der Waals surface area contributed by atoms with Crippen molar-refractivity contribution in [3.63, 3.8) is 0 Å². The van der Waals surface area contributed by atoms with E-state index in [1.165, 1.54) is 6.07 Å². The van der Waals surface area contributed by atoms with Gasteiger partial charge in [-0.05, 0) is 24.6 Å². The fourth-order valence-electron chi connectivity index (χ4n) is 3.51. The smallest absolute Gasteiger partial charge is 0.336 e. The summed E-state index contributed by atoms with van der Waals surface area (Å²) in [7, 11) is 0. The van der Waals surface area contributed by atoms with Crippen molar-refractivity contribution in [2.75, 3.05) is 32.9 Å². The highest BCUT2D eigenvalue weighted by Crippen LogP contribution is 2.31. The van der Waals surface area contributed by atoms with Gasteiger partial charge in [0.15, 0.2) is 12.4 Å². The Morgan fingerprint density at radius 3 is 2.65 bits per heavy atom. The summed E-state index contributed by atoms with van der Waals surface area (Å²) >= 11 is 0. The molecule has 0 atom stereocenters. The predicted octanol–water partition coefficient (Wildman–Crippen LogP) is 1.85. The maximum absolute atomic E-state index is 12.4. The quantitative estimate of drug-likeness (QED) is 0.779. The Labute approximate surface area is 150 Å². The number of piperidine rings is 1. The largest absolute Gasteiger partial charge is 0.484 e. The van der Waals surface area contributed by atoms with E-state index in [4.69, 9.17) is 18.6 Å². The van der Waals surface area contributed by atoms with Crippen LogP contribution in [0.5, 0.6) is 5.75 Å². The topological polar surface area (TPSA) is 78.2 Å². The van der Waals surface area contributed by atoms with E-state index in [0.29, 0.717) is 50.5 Å². The zero-order valence-electron chi connectivity index (χ0n) is 14.7. The number of aryl methyl sites for hydroxylation is 1. The number of carbonyl (C=O) groups excluding carboxylic acids is 1. The van der Waals surface area contributed by atoms with Crippen LogP contribution in [0.3, 0.4) is 0 Å². The highest BCUT2D eigenvalue weighted by molar-refractivity contribution is 5.81. The lowest BCUT2D eigenvalue weighted by Crippen LogP contribution is -2.48. The number of carbonyl (C=O) groups is 1. The molecule has 1 aromatic carbocycles. The van der Waals surface area contributed by atoms with Crippen molar-refractivity contribution in [2.24, 2.45) is 0 Å². The summed E-state index contributed by atoms with van der Waals surface area (Å²) in [6, 6.07) is 6.69. The van der Waals surface area contributed by atoms with Crippen LogP contribution in [0.4, 0.5) is 0 Å². The third kappa shape index (κ3) is 3.32. The van der Waals surface area contributed by atoms with E-state index in [-0.39, 0.29) is 12.5 Å². The summed E-state index contributed by atoms with van der Waals surface area (Å²) < 4.78 is 22.2. The second kappa shape index (κ2) is 6.74. The molecular formula is C19H21NO6. The number of rotatable bonds is 3. The lowest BCUT2D eigenvalue weighted by Gasteiger charge is -2.37. The average molecular weight is 359 g/mol. The first-order chi connectivity index (χ1) is 12.5. The standard InChI is InChI=1S/C19H21NO6/c1-13-10-18(22)26-16-11-14(2-3-15(13)16)23-12-17(21)20-6-4-19(5-7-20)24-8-9-25-19/h2-3,10-11H,4-9,12H2,1H3. The minimum absolute atomic E-state index is 0.0593. The van der Waals surface area contributed by atoms with Gasteiger partial charge in [-0.2, -0.15) is 0 Å². The lowest BCUT2D eigenvalue weighted by atomic mass is 10.0. The normalized spacial score (nSPS) is 19.2. The van der Waals surface area contributed by atoms with Crippen molar-refractivity contribution >= 4 is 16.9 Å². The van der Waals surface area contributed by atoms with Crippen LogP contribution in [-0.2, 0) is 14.3 Å². The molecule has 0 aliphatic carbocycles. The van der Waals surface area contributed by atoms with E-state index in [2.05, 4.69) is 0 Å². The number of nitrogens with zero attached hydrogens (tertiary/aromatic N) is 1. The highest BCUT2D eigenvalue weighted by atomic mass is 16.7. The van der Waals surface area contributed by atoms with Gasteiger partial charge < -0.3 is 23.5 Å². The molecule has 1 aromatic heterocycles. The van der Waals surface area contributed by atoms with Gasteiger partial charge in [0.25, 0.3) is 5.91 Å². The second-order valence-electron chi connectivity index (χ2n) is 6.68. The molecule has 2 saturated heterocycles. The number of hydrogen-bond acceptors (Lipinski definition) is 6. The first-order valence-electron chi connectivity index (χ1n) is 8.78. The molecule has 138 valence electrons. The minimum Gasteiger partial charge on any atom is -0.484 e. The molecule has 26 heavy (non-hydrogen) atoms. The van der Waals surface area contributed by atoms with Crippen molar-refractivity contribution in [3.8, 4) is 5.75 Å². The zero-order valence-corrected chi connectivity index (χ0v) is 14.7. The molecule has 0 bridgehead atoms. The van der Waals surface area contributed by atoms with Gasteiger partial charge in [-0.25, -0.2) is 4.79 Å². The molecule has 2 fully saturated rings. The van der Waals surface area contributed by atoms with E-state index < -0.39 is 11.4 Å². The average Bonchev–Trinajstić information content (AvgIpc) is 3.08. The highest BCUT2D eigenvalue weighted by Gasteiger charge is 2.40. The fraction of sp³-hybridized carbons (Fsp3) is 0.474. The predicted molar refractivity (Wildman–Crippen MR) is 93.2 cm³/mol. The molecule has 2 aliphatic rings. The number of amides is 1. The van der Waals surface area contributed by atoms with Gasteiger partial charge in [0.05, 0.1) is 13.2 Å². The monoisotopic (exact) mass is 359 g/mol. The van der Waals surface area contributed by atoms with Crippen molar-refractivity contribution in [3.05, 3.63) is 40.2 Å². The molecule has 4 rings (SSSR count). The SMILES string of the molecule is Cc1cc(=O)oc2cc(OCC(=O)N3CCC4(CC3)OCCO4)ccc12. The van der Waals surface area contributed by atoms with Crippen LogP contribution in [0.2, 0.25) is 0 Å². The third-order valence-corrected chi connectivity index (χ3v) is 4.98. The van der Waals surface area contributed by atoms with Crippen molar-refractivity contribution in [1.82, 2.24) is 4.90 Å². The van der Waals surface area contributed by atoms with Gasteiger partial charge in [0.1, 0.15) is 11.3 Å². The Balaban J connectivity index is 1.37. The summed E-state index contributed by atoms with van der Waals surface area (Å²) in [6.45, 7) is 4.21. The van der Waals surface area contributed by atoms with Crippen LogP contribution >= 0.6 is 0 Å². The molecule has 7 nitrogen and oxygen atoms in total. The van der Waals surface area contributed by atoms with Gasteiger partial charge in [-0.15, -0.1) is 0 Å². The Morgan fingerprint density at radius 2 is 1.92 bits per heavy atom. The molecule has 0 N–H and O–H groups in total. The van der Waals surface area contributed by atoms with Gasteiger partial charge in [0.2, 0.25) is 0 Å². The molecular weight excluding hydrogens is 338 g/mol. The molecule has 0 radical (unpaired) electrons. The molecule has 1 amide bonds. The summed E-state index contributed by atoms with van der Waals surface area (Å²) in [4.78, 5) is 25.7. The third-order valence-electron chi connectivity index (χ3n) is 4.98. The van der Waals surface area contributed by atoms with Gasteiger partial charge >= 0.3 is 5.63 Å². The van der Waals surface area contributed by atoms with E-state index in [0.717, 1.165) is 10.9 Å². The number of fused-ring (bicyclic) bond motifs is 1. The number of ether oxygens (including phenoxy) is 3. The van der Waals surface area contributed by atoms with Crippen LogP contribution in [0, 0.1) is 6.92 Å². The molecule has 7 heteroatoms. The first kappa shape index (κ1) is 17.1. The summed E-state index contributed by atoms with van der Waals surface area (Å²) in [5.41, 5.74) is 0.898. The van der Waals surface area contributed by atoms with Crippen LogP contribution in [0.15, 0.2) is 33.5 Å². The van der Waals surface area contributed by atoms with E-state index in [9.17, 15) is 9.59 Å².